The molecule has 0 amide bonds. The molecule has 4 aliphatic heterocycles. The molecule has 27 heteroatoms. The van der Waals surface area contributed by atoms with E-state index in [-0.39, 0.29) is 84.6 Å². The van der Waals surface area contributed by atoms with Crippen LogP contribution in [0.1, 0.15) is 131 Å². The number of rotatable bonds is 7. The van der Waals surface area contributed by atoms with Crippen molar-refractivity contribution < 1.29 is 67.9 Å². The summed E-state index contributed by atoms with van der Waals surface area (Å²) >= 11 is 10.7. The standard InChI is InChI=1S/C26H32B2O4S.C16H11F3O3S2.C12H24B2O4.C3H3N2.2CH4.3HI.V/c1-23(2)24(3,4)30-27(29-23)18-11-9-17(10-12-18)19-13-14-21(22-20(19)15-16-33-22)28-31-25(5,6)26(7,8)32-28;1-10-2-7-13(14-8-9-23-15(10)14)11-3-5-12(6-4-11)22-24(20,21)16(17,18)19;1-9(2)10(3,4)16-13(15-9)14-17-11(5,6)12(7,8)18-14;1-2-5-3-4-1;;;;;;/h9-16H,1-8H3;2-9H,1H3;1-8H3;1-3H;2*1H4;3*1H;/q;;;-1;;;;;;+3/p-3. The number of aromatic nitrogens is 2. The SMILES string of the molecule is C.C.CC1(C)OB(B2OC(C)(C)C(C)(C)O2)OC1(C)C.CC1(C)OB(c2ccc(-c3ccc(B4OC(C)(C)C(C)(C)O4)c4sccc34)cc2)OC1(C)C.Cc1ccc(-c2ccc(OS(=O)(=O)C(F)(F)F)cc2)c2ccsc12.[I][V]([I])[I].c1c[n-]cn1. The minimum absolute atomic E-state index is 0. The third kappa shape index (κ3) is 16.9. The van der Waals surface area contributed by atoms with Crippen LogP contribution < -0.4 is 20.1 Å². The fourth-order valence-corrected chi connectivity index (χ4v) is 11.1. The largest absolute Gasteiger partial charge is 0.450 e. The van der Waals surface area contributed by atoms with Crippen molar-refractivity contribution in [3.8, 4) is 28.0 Å². The van der Waals surface area contributed by atoms with Crippen LogP contribution in [0, 0.1) is 6.92 Å². The number of hydrogen-bond acceptors (Lipinski definition) is 14. The van der Waals surface area contributed by atoms with Crippen molar-refractivity contribution in [3.05, 3.63) is 120 Å². The second-order valence-electron chi connectivity index (χ2n) is 24.4. The normalized spacial score (nSPS) is 19.9. The molecule has 3 aromatic heterocycles. The first-order valence-corrected chi connectivity index (χ1v) is 43.6. The minimum atomic E-state index is -5.66. The second-order valence-corrected chi connectivity index (χ2v) is 63.2. The summed E-state index contributed by atoms with van der Waals surface area (Å²) in [6, 6.07) is 26.4. The Hall–Kier alpha value is -1.74. The molecular formula is C59H78B4F3I3N2O11S3V-. The van der Waals surface area contributed by atoms with Crippen LogP contribution in [-0.2, 0) is 52.3 Å². The molecule has 4 fully saturated rings. The van der Waals surface area contributed by atoms with Crippen LogP contribution in [0.5, 0.6) is 5.75 Å². The van der Waals surface area contributed by atoms with E-state index in [1.165, 1.54) is 51.8 Å². The third-order valence-corrected chi connectivity index (χ3v) is 19.5. The van der Waals surface area contributed by atoms with Gasteiger partial charge in [0.2, 0.25) is 0 Å². The summed E-state index contributed by atoms with van der Waals surface area (Å²) < 4.78 is 114. The molecule has 0 aliphatic carbocycles. The van der Waals surface area contributed by atoms with E-state index in [1.54, 1.807) is 35.1 Å². The molecule has 4 aromatic carbocycles. The molecule has 0 atom stereocenters. The first kappa shape index (κ1) is 75.0. The zero-order valence-electron chi connectivity index (χ0n) is 50.1. The Bertz CT molecular complexity index is 3370. The van der Waals surface area contributed by atoms with Gasteiger partial charge in [-0.3, -0.25) is 0 Å². The van der Waals surface area contributed by atoms with Gasteiger partial charge in [0, 0.05) is 20.2 Å². The van der Waals surface area contributed by atoms with Crippen LogP contribution >= 0.6 is 82.6 Å². The molecule has 0 N–H and O–H groups in total. The molecule has 4 aliphatic rings. The predicted molar refractivity (Wildman–Crippen MR) is 372 cm³/mol. The van der Waals surface area contributed by atoms with E-state index in [0.29, 0.717) is 0 Å². The number of hydrogen-bond donors (Lipinski definition) is 0. The maximum Gasteiger partial charge on any atom is -0.0843 e. The van der Waals surface area contributed by atoms with E-state index in [9.17, 15) is 21.6 Å². The van der Waals surface area contributed by atoms with Crippen molar-refractivity contribution in [2.45, 2.75) is 183 Å². The van der Waals surface area contributed by atoms with Gasteiger partial charge in [-0.1, -0.05) is 94.2 Å². The fraction of sp³-hybridized carbons (Fsp3) is 0.475. The van der Waals surface area contributed by atoms with Crippen molar-refractivity contribution in [1.29, 1.82) is 0 Å². The van der Waals surface area contributed by atoms with Crippen LogP contribution in [0.15, 0.2) is 114 Å². The number of alkyl halides is 3. The van der Waals surface area contributed by atoms with E-state index >= 15 is 0 Å². The summed E-state index contributed by atoms with van der Waals surface area (Å²) in [4.78, 5) is 6.94. The van der Waals surface area contributed by atoms with Gasteiger partial charge < -0.3 is 51.4 Å². The molecule has 0 saturated carbocycles. The topological polar surface area (TPSA) is 144 Å². The number of thiophene rings is 2. The Morgan fingerprint density at radius 3 is 1.29 bits per heavy atom. The van der Waals surface area contributed by atoms with Crippen molar-refractivity contribution >= 4 is 152 Å². The van der Waals surface area contributed by atoms with Crippen LogP contribution in [0.4, 0.5) is 13.2 Å². The second kappa shape index (κ2) is 28.2. The van der Waals surface area contributed by atoms with Gasteiger partial charge in [0.1, 0.15) is 5.75 Å². The summed E-state index contributed by atoms with van der Waals surface area (Å²) in [6.45, 7) is 34.9. The average Bonchev–Trinajstić information content (AvgIpc) is 1.81. The Kier molecular flexibility index (Phi) is 24.6. The zero-order chi connectivity index (χ0) is 62.4. The molecule has 0 radical (unpaired) electrons. The van der Waals surface area contributed by atoms with Gasteiger partial charge in [-0.2, -0.15) is 21.6 Å². The predicted octanol–water partition coefficient (Wildman–Crippen LogP) is 16.5. The summed E-state index contributed by atoms with van der Waals surface area (Å²) in [7, 11) is -7.33. The number of nitrogens with zero attached hydrogens (tertiary/aromatic N) is 2. The first-order chi connectivity index (χ1) is 38.6. The van der Waals surface area contributed by atoms with Gasteiger partial charge in [0.25, 0.3) is 0 Å². The minimum Gasteiger partial charge on any atom is -0.450 e. The molecule has 86 heavy (non-hydrogen) atoms. The first-order valence-electron chi connectivity index (χ1n) is 26.9. The zero-order valence-corrected chi connectivity index (χ0v) is 60.4. The number of imidazole rings is 1. The summed E-state index contributed by atoms with van der Waals surface area (Å²) in [5.41, 5.74) is -0.985. The van der Waals surface area contributed by atoms with Gasteiger partial charge in [-0.05, 0) is 191 Å². The number of aryl methyl sites for hydroxylation is 1. The number of fused-ring (bicyclic) bond motifs is 2. The van der Waals surface area contributed by atoms with Crippen LogP contribution in [-0.4, -0.2) is 92.0 Å². The van der Waals surface area contributed by atoms with Gasteiger partial charge in [0.05, 0.1) is 44.8 Å². The maximum atomic E-state index is 12.3. The van der Waals surface area contributed by atoms with Gasteiger partial charge >= 0.3 is 109 Å². The van der Waals surface area contributed by atoms with Crippen LogP contribution in [0.2, 0.25) is 0 Å². The molecule has 7 aromatic rings. The third-order valence-electron chi connectivity index (χ3n) is 16.5. The van der Waals surface area contributed by atoms with E-state index < -0.39 is 29.6 Å². The maximum absolute atomic E-state index is 12.3. The molecule has 13 nitrogen and oxygen atoms in total. The molecule has 7 heterocycles. The Labute approximate surface area is 555 Å². The smallest absolute Gasteiger partial charge is 0.0843 e. The van der Waals surface area contributed by atoms with Crippen molar-refractivity contribution in [2.75, 3.05) is 0 Å². The Morgan fingerprint density at radius 1 is 0.535 bits per heavy atom. The molecule has 0 unspecified atom stereocenters. The molecule has 11 rings (SSSR count). The Morgan fingerprint density at radius 2 is 0.907 bits per heavy atom. The van der Waals surface area contributed by atoms with Crippen LogP contribution in [0.25, 0.3) is 42.4 Å². The molecular weight excluding hydrogens is 1540 g/mol. The molecule has 468 valence electrons. The van der Waals surface area contributed by atoms with Gasteiger partial charge in [0.15, 0.2) is 0 Å². The molecule has 4 saturated heterocycles. The average molecular weight is 1620 g/mol. The van der Waals surface area contributed by atoms with E-state index in [0.717, 1.165) is 37.7 Å². The van der Waals surface area contributed by atoms with Gasteiger partial charge in [-0.15, -0.1) is 22.7 Å². The molecule has 0 spiro atoms. The quantitative estimate of drug-likeness (QED) is 0.0647. The van der Waals surface area contributed by atoms with E-state index in [1.807, 2.05) is 85.9 Å². The van der Waals surface area contributed by atoms with E-state index in [2.05, 4.69) is 177 Å². The monoisotopic (exact) mass is 1620 g/mol. The van der Waals surface area contributed by atoms with Crippen molar-refractivity contribution in [3.63, 3.8) is 0 Å². The Balaban J connectivity index is 0.000000224. The van der Waals surface area contributed by atoms with E-state index in [4.69, 9.17) is 37.2 Å². The van der Waals surface area contributed by atoms with Crippen molar-refractivity contribution in [1.82, 2.24) is 9.97 Å². The molecule has 0 bridgehead atoms. The fourth-order valence-electron chi connectivity index (χ4n) is 8.80. The number of halogens is 6. The summed E-state index contributed by atoms with van der Waals surface area (Å²) in [5, 5.41) is 6.36. The van der Waals surface area contributed by atoms with Crippen molar-refractivity contribution in [2.24, 2.45) is 0 Å². The van der Waals surface area contributed by atoms with Gasteiger partial charge in [-0.25, -0.2) is 0 Å². The van der Waals surface area contributed by atoms with Crippen LogP contribution in [0.3, 0.4) is 0 Å². The number of benzene rings is 4. The summed E-state index contributed by atoms with van der Waals surface area (Å²) in [5.74, 6) is -0.384. The summed E-state index contributed by atoms with van der Waals surface area (Å²) in [6.07, 6.45) is 4.78.